The fraction of sp³-hybridized carbons (Fsp3) is 0.286. The first-order valence-corrected chi connectivity index (χ1v) is 9.27. The Bertz CT molecular complexity index is 1150. The van der Waals surface area contributed by atoms with Gasteiger partial charge in [-0.1, -0.05) is 6.92 Å². The lowest BCUT2D eigenvalue weighted by molar-refractivity contribution is 0.0698. The summed E-state index contributed by atoms with van der Waals surface area (Å²) in [5.74, 6) is -1.62. The minimum Gasteiger partial charge on any atom is -0.478 e. The van der Waals surface area contributed by atoms with Crippen LogP contribution in [0.4, 0.5) is 14.5 Å². The number of benzene rings is 1. The summed E-state index contributed by atoms with van der Waals surface area (Å²) in [4.78, 5) is 13.5. The largest absolute Gasteiger partial charge is 0.478 e. The van der Waals surface area contributed by atoms with E-state index >= 15 is 0 Å². The number of hydrogen-bond donors (Lipinski definition) is 1. The average Bonchev–Trinajstić information content (AvgIpc) is 3.27. The molecule has 2 aromatic heterocycles. The van der Waals surface area contributed by atoms with Crippen LogP contribution in [-0.2, 0) is 6.42 Å². The third kappa shape index (κ3) is 3.29. The van der Waals surface area contributed by atoms with Gasteiger partial charge in [0.1, 0.15) is 17.6 Å². The minimum atomic E-state index is -1.12. The highest BCUT2D eigenvalue weighted by Crippen LogP contribution is 2.38. The minimum absolute atomic E-state index is 0.0937. The molecule has 0 aliphatic carbocycles. The predicted molar refractivity (Wildman–Crippen MR) is 102 cm³/mol. The maximum atomic E-state index is 14.3. The lowest BCUT2D eigenvalue weighted by atomic mass is 10.0. The van der Waals surface area contributed by atoms with Gasteiger partial charge in [0.15, 0.2) is 0 Å². The van der Waals surface area contributed by atoms with Crippen molar-refractivity contribution in [1.82, 2.24) is 9.61 Å². The van der Waals surface area contributed by atoms with Crippen LogP contribution >= 0.6 is 0 Å². The summed E-state index contributed by atoms with van der Waals surface area (Å²) in [6.45, 7) is 1.92. The van der Waals surface area contributed by atoms with E-state index in [1.165, 1.54) is 10.6 Å². The molecule has 8 heteroatoms. The van der Waals surface area contributed by atoms with Gasteiger partial charge in [-0.05, 0) is 42.3 Å². The fourth-order valence-corrected chi connectivity index (χ4v) is 4.00. The molecule has 1 saturated heterocycles. The second-order valence-corrected chi connectivity index (χ2v) is 7.08. The van der Waals surface area contributed by atoms with Crippen molar-refractivity contribution in [3.63, 3.8) is 0 Å². The van der Waals surface area contributed by atoms with E-state index in [4.69, 9.17) is 5.26 Å². The molecule has 0 amide bonds. The van der Waals surface area contributed by atoms with E-state index < -0.39 is 24.0 Å². The lowest BCUT2D eigenvalue weighted by Gasteiger charge is -2.27. The summed E-state index contributed by atoms with van der Waals surface area (Å²) in [5.41, 5.74) is 2.33. The summed E-state index contributed by atoms with van der Waals surface area (Å²) in [5, 5.41) is 23.0. The first-order chi connectivity index (χ1) is 13.9. The average molecular weight is 396 g/mol. The number of carboxylic acids is 1. The van der Waals surface area contributed by atoms with Crippen molar-refractivity contribution in [2.45, 2.75) is 32.0 Å². The smallest absolute Gasteiger partial charge is 0.339 e. The molecule has 0 saturated carbocycles. The van der Waals surface area contributed by atoms with E-state index in [1.807, 2.05) is 13.0 Å². The zero-order chi connectivity index (χ0) is 20.7. The molecule has 0 radical (unpaired) electrons. The molecule has 4 rings (SSSR count). The zero-order valence-corrected chi connectivity index (χ0v) is 15.6. The monoisotopic (exact) mass is 396 g/mol. The Hall–Kier alpha value is -3.47. The highest BCUT2D eigenvalue weighted by molar-refractivity contribution is 5.97. The van der Waals surface area contributed by atoms with Crippen LogP contribution in [0.25, 0.3) is 5.52 Å². The first kappa shape index (κ1) is 18.9. The summed E-state index contributed by atoms with van der Waals surface area (Å²) in [7, 11) is 0. The van der Waals surface area contributed by atoms with Crippen LogP contribution in [0.5, 0.6) is 0 Å². The van der Waals surface area contributed by atoms with Crippen molar-refractivity contribution in [2.75, 3.05) is 11.4 Å². The quantitative estimate of drug-likeness (QED) is 0.723. The third-order valence-corrected chi connectivity index (χ3v) is 5.26. The van der Waals surface area contributed by atoms with Crippen molar-refractivity contribution in [3.05, 3.63) is 64.7 Å². The molecule has 1 aliphatic rings. The maximum absolute atomic E-state index is 14.3. The van der Waals surface area contributed by atoms with Crippen LogP contribution in [0.2, 0.25) is 0 Å². The highest BCUT2D eigenvalue weighted by Gasteiger charge is 2.34. The number of fused-ring (bicyclic) bond motifs is 1. The molecule has 0 spiro atoms. The van der Waals surface area contributed by atoms with Crippen LogP contribution in [0.15, 0.2) is 36.5 Å². The number of carboxylic acid groups (broad SMARTS) is 1. The summed E-state index contributed by atoms with van der Waals surface area (Å²) >= 11 is 0. The second kappa shape index (κ2) is 7.17. The van der Waals surface area contributed by atoms with Crippen molar-refractivity contribution in [3.8, 4) is 6.07 Å². The third-order valence-electron chi connectivity index (χ3n) is 5.26. The number of aromatic carboxylic acids is 1. The lowest BCUT2D eigenvalue weighted by Crippen LogP contribution is -2.24. The number of anilines is 1. The summed E-state index contributed by atoms with van der Waals surface area (Å²) < 4.78 is 29.8. The van der Waals surface area contributed by atoms with Crippen molar-refractivity contribution in [1.29, 1.82) is 5.26 Å². The van der Waals surface area contributed by atoms with Gasteiger partial charge in [-0.25, -0.2) is 18.1 Å². The molecule has 1 aromatic carbocycles. The molecular weight excluding hydrogens is 378 g/mol. The van der Waals surface area contributed by atoms with Gasteiger partial charge < -0.3 is 10.0 Å². The Morgan fingerprint density at radius 3 is 2.86 bits per heavy atom. The van der Waals surface area contributed by atoms with Crippen LogP contribution in [0, 0.1) is 17.1 Å². The Morgan fingerprint density at radius 1 is 1.38 bits per heavy atom. The molecule has 148 valence electrons. The Labute approximate surface area is 165 Å². The Morgan fingerprint density at radius 2 is 2.17 bits per heavy atom. The van der Waals surface area contributed by atoms with Gasteiger partial charge >= 0.3 is 5.97 Å². The molecule has 2 atom stereocenters. The van der Waals surface area contributed by atoms with E-state index in [9.17, 15) is 18.7 Å². The molecular formula is C21H18F2N4O2. The van der Waals surface area contributed by atoms with Crippen LogP contribution in [0.1, 0.15) is 46.6 Å². The number of aryl methyl sites for hydroxylation is 1. The van der Waals surface area contributed by atoms with Crippen LogP contribution in [-0.4, -0.2) is 33.4 Å². The van der Waals surface area contributed by atoms with Crippen LogP contribution < -0.4 is 4.90 Å². The molecule has 0 bridgehead atoms. The number of nitriles is 1. The van der Waals surface area contributed by atoms with E-state index in [2.05, 4.69) is 5.10 Å². The van der Waals surface area contributed by atoms with Gasteiger partial charge in [-0.3, -0.25) is 0 Å². The summed E-state index contributed by atoms with van der Waals surface area (Å²) in [6, 6.07) is 8.88. The van der Waals surface area contributed by atoms with Gasteiger partial charge in [0.05, 0.1) is 28.9 Å². The number of rotatable bonds is 4. The fourth-order valence-electron chi connectivity index (χ4n) is 4.00. The molecule has 1 N–H and O–H groups in total. The molecule has 3 aromatic rings. The van der Waals surface area contributed by atoms with Gasteiger partial charge in [0.25, 0.3) is 0 Å². The van der Waals surface area contributed by atoms with E-state index in [1.54, 1.807) is 29.3 Å². The molecule has 0 unspecified atom stereocenters. The normalized spacial score (nSPS) is 18.9. The molecule has 3 heterocycles. The van der Waals surface area contributed by atoms with E-state index in [-0.39, 0.29) is 24.1 Å². The molecule has 29 heavy (non-hydrogen) atoms. The van der Waals surface area contributed by atoms with E-state index in [0.717, 1.165) is 6.07 Å². The first-order valence-electron chi connectivity index (χ1n) is 9.27. The summed E-state index contributed by atoms with van der Waals surface area (Å²) in [6.07, 6.45) is 1.15. The maximum Gasteiger partial charge on any atom is 0.339 e. The van der Waals surface area contributed by atoms with Gasteiger partial charge in [-0.15, -0.1) is 0 Å². The number of hydrogen-bond acceptors (Lipinski definition) is 4. The Balaban J connectivity index is 1.81. The number of carbonyl (C=O) groups is 1. The van der Waals surface area contributed by atoms with Crippen molar-refractivity contribution < 1.29 is 18.7 Å². The van der Waals surface area contributed by atoms with Crippen LogP contribution in [0.3, 0.4) is 0 Å². The van der Waals surface area contributed by atoms with Gasteiger partial charge in [0, 0.05) is 24.8 Å². The number of aromatic nitrogens is 2. The topological polar surface area (TPSA) is 81.6 Å². The van der Waals surface area contributed by atoms with Crippen molar-refractivity contribution >= 4 is 17.2 Å². The van der Waals surface area contributed by atoms with E-state index in [0.29, 0.717) is 28.9 Å². The molecule has 6 nitrogen and oxygen atoms in total. The molecule has 1 aliphatic heterocycles. The number of pyridine rings is 1. The Kier molecular flexibility index (Phi) is 4.66. The second-order valence-electron chi connectivity index (χ2n) is 7.08. The SMILES string of the molecule is CCc1nn2ccc(N3C[C@@H](F)C[C@@H]3c3cc(F)cc(C#N)c3)cc2c1C(=O)O. The molecule has 1 fully saturated rings. The number of halogens is 2. The van der Waals surface area contributed by atoms with Gasteiger partial charge in [0.2, 0.25) is 0 Å². The number of alkyl halides is 1. The van der Waals surface area contributed by atoms with Crippen molar-refractivity contribution in [2.24, 2.45) is 0 Å². The van der Waals surface area contributed by atoms with Gasteiger partial charge in [-0.2, -0.15) is 10.4 Å². The number of nitrogens with zero attached hydrogens (tertiary/aromatic N) is 4. The standard InChI is InChI=1S/C21H18F2N4O2/c1-2-17-20(21(28)29)19-9-16(3-4-27(19)25-17)26-11-15(23)8-18(26)13-5-12(10-24)6-14(22)7-13/h3-7,9,15,18H,2,8,11H2,1H3,(H,28,29)/t15-,18+/m0/s1. The zero-order valence-electron chi connectivity index (χ0n) is 15.6. The highest BCUT2D eigenvalue weighted by atomic mass is 19.1. The predicted octanol–water partition coefficient (Wildman–Crippen LogP) is 3.90.